The number of para-hydroxylation sites is 1. The third kappa shape index (κ3) is 3.42. The summed E-state index contributed by atoms with van der Waals surface area (Å²) in [5.41, 5.74) is 0.616. The van der Waals surface area contributed by atoms with Crippen molar-refractivity contribution in [2.75, 3.05) is 7.11 Å². The lowest BCUT2D eigenvalue weighted by atomic mass is 10.2. The Balaban J connectivity index is 2.14. The Labute approximate surface area is 121 Å². The highest BCUT2D eigenvalue weighted by atomic mass is 35.5. The Morgan fingerprint density at radius 3 is 2.85 bits per heavy atom. The van der Waals surface area contributed by atoms with Gasteiger partial charge in [0.25, 0.3) is 0 Å². The van der Waals surface area contributed by atoms with E-state index in [1.807, 2.05) is 0 Å². The first kappa shape index (κ1) is 14.2. The lowest BCUT2D eigenvalue weighted by molar-refractivity contribution is 0.370. The van der Waals surface area contributed by atoms with Crippen molar-refractivity contribution in [3.05, 3.63) is 40.8 Å². The maximum absolute atomic E-state index is 9.90. The third-order valence-corrected chi connectivity index (χ3v) is 2.70. The van der Waals surface area contributed by atoms with E-state index in [0.717, 1.165) is 0 Å². The van der Waals surface area contributed by atoms with E-state index in [1.165, 1.54) is 13.2 Å². The van der Waals surface area contributed by atoms with Crippen LogP contribution in [0.3, 0.4) is 0 Å². The van der Waals surface area contributed by atoms with Gasteiger partial charge in [0, 0.05) is 11.6 Å². The van der Waals surface area contributed by atoms with Gasteiger partial charge in [-0.2, -0.15) is 5.11 Å². The van der Waals surface area contributed by atoms with E-state index in [4.69, 9.17) is 16.3 Å². The first-order chi connectivity index (χ1) is 9.60. The highest BCUT2D eigenvalue weighted by Gasteiger charge is 2.06. The van der Waals surface area contributed by atoms with Gasteiger partial charge in [0.1, 0.15) is 11.0 Å². The molecule has 0 radical (unpaired) electrons. The van der Waals surface area contributed by atoms with Gasteiger partial charge in [0.15, 0.2) is 17.3 Å². The lowest BCUT2D eigenvalue weighted by Gasteiger charge is -2.05. The highest BCUT2D eigenvalue weighted by molar-refractivity contribution is 6.29. The number of aryl methyl sites for hydroxylation is 1. The van der Waals surface area contributed by atoms with Gasteiger partial charge in [-0.25, -0.2) is 9.97 Å². The van der Waals surface area contributed by atoms with Gasteiger partial charge in [0.05, 0.1) is 13.7 Å². The van der Waals surface area contributed by atoms with Crippen molar-refractivity contribution in [2.24, 2.45) is 10.2 Å². The number of phenols is 1. The molecule has 0 saturated carbocycles. The molecule has 0 atom stereocenters. The highest BCUT2D eigenvalue weighted by Crippen LogP contribution is 2.30. The van der Waals surface area contributed by atoms with E-state index in [1.54, 1.807) is 25.1 Å². The molecule has 104 valence electrons. The largest absolute Gasteiger partial charge is 0.504 e. The predicted molar refractivity (Wildman–Crippen MR) is 74.7 cm³/mol. The Morgan fingerprint density at radius 2 is 2.15 bits per heavy atom. The van der Waals surface area contributed by atoms with Crippen molar-refractivity contribution in [1.29, 1.82) is 0 Å². The van der Waals surface area contributed by atoms with Gasteiger partial charge in [-0.15, -0.1) is 5.11 Å². The summed E-state index contributed by atoms with van der Waals surface area (Å²) in [4.78, 5) is 8.01. The fourth-order valence-corrected chi connectivity index (χ4v) is 1.83. The quantitative estimate of drug-likeness (QED) is 0.691. The number of phenolic OH excluding ortho intramolecular Hbond substituents is 1. The summed E-state index contributed by atoms with van der Waals surface area (Å²) >= 11 is 5.80. The molecule has 1 N–H and O–H groups in total. The minimum atomic E-state index is 0.0610. The van der Waals surface area contributed by atoms with Crippen LogP contribution >= 0.6 is 11.6 Å². The van der Waals surface area contributed by atoms with E-state index in [-0.39, 0.29) is 12.3 Å². The normalized spacial score (nSPS) is 10.9. The van der Waals surface area contributed by atoms with Gasteiger partial charge in [-0.05, 0) is 13.0 Å². The van der Waals surface area contributed by atoms with Crippen LogP contribution in [0.15, 0.2) is 34.5 Å². The number of rotatable bonds is 4. The second kappa shape index (κ2) is 6.29. The summed E-state index contributed by atoms with van der Waals surface area (Å²) in [6.07, 6.45) is 0. The summed E-state index contributed by atoms with van der Waals surface area (Å²) < 4.78 is 5.02. The monoisotopic (exact) mass is 292 g/mol. The molecule has 0 aliphatic rings. The van der Waals surface area contributed by atoms with Crippen LogP contribution < -0.4 is 4.74 Å². The average Bonchev–Trinajstić information content (AvgIpc) is 2.39. The zero-order chi connectivity index (χ0) is 14.5. The Bertz CT molecular complexity index is 626. The maximum atomic E-state index is 9.90. The molecular weight excluding hydrogens is 280 g/mol. The number of benzene rings is 1. The number of hydrogen-bond donors (Lipinski definition) is 1. The molecular formula is C13H13ClN4O2. The Hall–Kier alpha value is -2.21. The number of halogens is 1. The first-order valence-electron chi connectivity index (χ1n) is 5.83. The van der Waals surface area contributed by atoms with Crippen LogP contribution in [0.25, 0.3) is 0 Å². The molecule has 1 aromatic carbocycles. The molecule has 0 amide bonds. The molecule has 2 rings (SSSR count). The van der Waals surface area contributed by atoms with Crippen molar-refractivity contribution in [3.63, 3.8) is 0 Å². The molecule has 0 saturated heterocycles. The lowest BCUT2D eigenvalue weighted by Crippen LogP contribution is -1.89. The predicted octanol–water partition coefficient (Wildman–Crippen LogP) is 3.44. The summed E-state index contributed by atoms with van der Waals surface area (Å²) in [5, 5.41) is 18.2. The van der Waals surface area contributed by atoms with E-state index < -0.39 is 0 Å². The second-order valence-corrected chi connectivity index (χ2v) is 4.35. The minimum absolute atomic E-state index is 0.0610. The summed E-state index contributed by atoms with van der Waals surface area (Å²) in [5.74, 6) is 1.37. The van der Waals surface area contributed by atoms with Gasteiger partial charge >= 0.3 is 0 Å². The van der Waals surface area contributed by atoms with Gasteiger partial charge < -0.3 is 9.84 Å². The minimum Gasteiger partial charge on any atom is -0.504 e. The van der Waals surface area contributed by atoms with Crippen LogP contribution in [-0.2, 0) is 6.54 Å². The van der Waals surface area contributed by atoms with Gasteiger partial charge in [0.2, 0.25) is 0 Å². The van der Waals surface area contributed by atoms with E-state index >= 15 is 0 Å². The molecule has 1 heterocycles. The fraction of sp³-hybridized carbons (Fsp3) is 0.231. The summed E-state index contributed by atoms with van der Waals surface area (Å²) in [6.45, 7) is 1.93. The molecule has 0 bridgehead atoms. The Morgan fingerprint density at radius 1 is 1.35 bits per heavy atom. The number of nitrogens with zero attached hydrogens (tertiary/aromatic N) is 4. The molecule has 0 unspecified atom stereocenters. The maximum Gasteiger partial charge on any atom is 0.178 e. The number of azo groups is 1. The molecule has 0 fully saturated rings. The smallest absolute Gasteiger partial charge is 0.178 e. The number of methoxy groups -OCH3 is 1. The van der Waals surface area contributed by atoms with Crippen LogP contribution in [-0.4, -0.2) is 22.2 Å². The zero-order valence-electron chi connectivity index (χ0n) is 11.0. The molecule has 20 heavy (non-hydrogen) atoms. The number of ether oxygens (including phenoxy) is 1. The second-order valence-electron chi connectivity index (χ2n) is 3.96. The van der Waals surface area contributed by atoms with E-state index in [9.17, 15) is 5.11 Å². The van der Waals surface area contributed by atoms with Crippen molar-refractivity contribution in [2.45, 2.75) is 13.5 Å². The van der Waals surface area contributed by atoms with Crippen LogP contribution in [0.1, 0.15) is 11.4 Å². The van der Waals surface area contributed by atoms with E-state index in [0.29, 0.717) is 28.1 Å². The zero-order valence-corrected chi connectivity index (χ0v) is 11.8. The average molecular weight is 293 g/mol. The molecule has 0 aliphatic carbocycles. The van der Waals surface area contributed by atoms with E-state index in [2.05, 4.69) is 20.2 Å². The van der Waals surface area contributed by atoms with Crippen LogP contribution in [0, 0.1) is 6.92 Å². The summed E-state index contributed by atoms with van der Waals surface area (Å²) in [6, 6.07) is 6.71. The van der Waals surface area contributed by atoms with Crippen molar-refractivity contribution < 1.29 is 9.84 Å². The number of hydrogen-bond acceptors (Lipinski definition) is 6. The molecule has 7 heteroatoms. The molecule has 6 nitrogen and oxygen atoms in total. The van der Waals surface area contributed by atoms with Crippen molar-refractivity contribution in [1.82, 2.24) is 9.97 Å². The van der Waals surface area contributed by atoms with Crippen LogP contribution in [0.2, 0.25) is 5.15 Å². The van der Waals surface area contributed by atoms with Crippen LogP contribution in [0.4, 0.5) is 5.82 Å². The Kier molecular flexibility index (Phi) is 4.47. The molecule has 0 aliphatic heterocycles. The SMILES string of the molecule is COc1cccc(CN=Nc2cc(Cl)nc(C)n2)c1O. The third-order valence-electron chi connectivity index (χ3n) is 2.51. The molecule has 0 spiro atoms. The number of aromatic nitrogens is 2. The van der Waals surface area contributed by atoms with Crippen molar-refractivity contribution >= 4 is 17.4 Å². The standard InChI is InChI=1S/C13H13ClN4O2/c1-8-16-11(14)6-12(17-8)18-15-7-9-4-3-5-10(20-2)13(9)19/h3-6,19H,7H2,1-2H3. The van der Waals surface area contributed by atoms with Gasteiger partial charge in [-0.1, -0.05) is 23.7 Å². The fourth-order valence-electron chi connectivity index (χ4n) is 1.61. The molecule has 1 aromatic heterocycles. The van der Waals surface area contributed by atoms with Crippen molar-refractivity contribution in [3.8, 4) is 11.5 Å². The molecule has 2 aromatic rings. The first-order valence-corrected chi connectivity index (χ1v) is 6.21. The number of aromatic hydroxyl groups is 1. The summed E-state index contributed by atoms with van der Waals surface area (Å²) in [7, 11) is 1.49. The topological polar surface area (TPSA) is 80.0 Å². The van der Waals surface area contributed by atoms with Crippen LogP contribution in [0.5, 0.6) is 11.5 Å². The van der Waals surface area contributed by atoms with Gasteiger partial charge in [-0.3, -0.25) is 0 Å².